The molecule has 1 aromatic carbocycles. The maximum absolute atomic E-state index is 12.6. The Kier molecular flexibility index (Phi) is 6.26. The van der Waals surface area contributed by atoms with Crippen LogP contribution < -0.4 is 15.8 Å². The van der Waals surface area contributed by atoms with E-state index in [9.17, 15) is 4.79 Å². The van der Waals surface area contributed by atoms with Gasteiger partial charge in [-0.1, -0.05) is 11.6 Å². The third kappa shape index (κ3) is 4.09. The van der Waals surface area contributed by atoms with E-state index in [0.717, 1.165) is 6.54 Å². The highest BCUT2D eigenvalue weighted by molar-refractivity contribution is 6.33. The van der Waals surface area contributed by atoms with Crippen molar-refractivity contribution < 1.29 is 14.3 Å². The summed E-state index contributed by atoms with van der Waals surface area (Å²) >= 11 is 6.02. The number of anilines is 1. The van der Waals surface area contributed by atoms with Crippen molar-refractivity contribution in [2.24, 2.45) is 0 Å². The lowest BCUT2D eigenvalue weighted by molar-refractivity contribution is 0.0103. The predicted octanol–water partition coefficient (Wildman–Crippen LogP) is 1.27. The average Bonchev–Trinajstić information content (AvgIpc) is 2.58. The van der Waals surface area contributed by atoms with Crippen LogP contribution in [0.1, 0.15) is 16.8 Å². The van der Waals surface area contributed by atoms with Gasteiger partial charge in [0.2, 0.25) is 0 Å². The van der Waals surface area contributed by atoms with E-state index in [1.165, 1.54) is 19.2 Å². The Balaban J connectivity index is 2.12. The lowest BCUT2D eigenvalue weighted by atomic mass is 10.0. The Morgan fingerprint density at radius 3 is 2.92 bits per heavy atom. The molecule has 2 atom stereocenters. The van der Waals surface area contributed by atoms with Crippen LogP contribution in [0.3, 0.4) is 0 Å². The van der Waals surface area contributed by atoms with E-state index in [1.807, 2.05) is 4.90 Å². The maximum Gasteiger partial charge on any atom is 0.255 e. The van der Waals surface area contributed by atoms with Crippen LogP contribution in [0.2, 0.25) is 5.02 Å². The van der Waals surface area contributed by atoms with Crippen LogP contribution in [0.25, 0.3) is 0 Å². The van der Waals surface area contributed by atoms with Crippen molar-refractivity contribution >= 4 is 23.2 Å². The van der Waals surface area contributed by atoms with Crippen LogP contribution in [0, 0.1) is 11.3 Å². The van der Waals surface area contributed by atoms with Gasteiger partial charge in [0.05, 0.1) is 48.1 Å². The highest BCUT2D eigenvalue weighted by atomic mass is 35.5. The first-order valence-electron chi connectivity index (χ1n) is 7.56. The Morgan fingerprint density at radius 2 is 2.29 bits per heavy atom. The third-order valence-electron chi connectivity index (χ3n) is 4.12. The number of halogens is 1. The number of likely N-dealkylation sites (tertiary alicyclic amines) is 1. The number of rotatable bonds is 5. The molecule has 0 bridgehead atoms. The Bertz CT molecular complexity index is 647. The SMILES string of the molecule is COc1cc(N)c(Cl)cc1C(=O)NC1CCN(CC#N)CC1OC. The number of piperidine rings is 1. The second-order valence-corrected chi connectivity index (χ2v) is 6.02. The van der Waals surface area contributed by atoms with Crippen molar-refractivity contribution in [2.75, 3.05) is 39.6 Å². The molecule has 1 aromatic rings. The van der Waals surface area contributed by atoms with Gasteiger partial charge in [-0.25, -0.2) is 0 Å². The molecular formula is C16H21ClN4O3. The summed E-state index contributed by atoms with van der Waals surface area (Å²) in [6.45, 7) is 1.66. The topological polar surface area (TPSA) is 101 Å². The number of hydrogen-bond donors (Lipinski definition) is 2. The zero-order valence-electron chi connectivity index (χ0n) is 13.7. The molecule has 1 saturated heterocycles. The summed E-state index contributed by atoms with van der Waals surface area (Å²) in [5, 5.41) is 12.1. The van der Waals surface area contributed by atoms with Crippen LogP contribution in [0.15, 0.2) is 12.1 Å². The standard InChI is InChI=1S/C16H21ClN4O3/c1-23-14-8-12(19)11(17)7-10(14)16(22)20-13-3-5-21(6-4-18)9-15(13)24-2/h7-8,13,15H,3,5-6,9,19H2,1-2H3,(H,20,22). The molecule has 0 saturated carbocycles. The molecule has 1 aliphatic heterocycles. The lowest BCUT2D eigenvalue weighted by Crippen LogP contribution is -2.54. The van der Waals surface area contributed by atoms with Crippen LogP contribution in [0.5, 0.6) is 5.75 Å². The van der Waals surface area contributed by atoms with Crippen molar-refractivity contribution in [3.05, 3.63) is 22.7 Å². The number of methoxy groups -OCH3 is 2. The number of benzene rings is 1. The smallest absolute Gasteiger partial charge is 0.255 e. The summed E-state index contributed by atoms with van der Waals surface area (Å²) in [6.07, 6.45) is 0.503. The molecular weight excluding hydrogens is 332 g/mol. The Morgan fingerprint density at radius 1 is 1.54 bits per heavy atom. The van der Waals surface area contributed by atoms with Crippen molar-refractivity contribution in [3.8, 4) is 11.8 Å². The van der Waals surface area contributed by atoms with Gasteiger partial charge in [0.15, 0.2) is 0 Å². The van der Waals surface area contributed by atoms with Crippen molar-refractivity contribution in [3.63, 3.8) is 0 Å². The van der Waals surface area contributed by atoms with Gasteiger partial charge >= 0.3 is 0 Å². The normalized spacial score (nSPS) is 21.1. The minimum absolute atomic E-state index is 0.154. The number of nitrogens with two attached hydrogens (primary N) is 1. The number of nitrogens with zero attached hydrogens (tertiary/aromatic N) is 2. The summed E-state index contributed by atoms with van der Waals surface area (Å²) in [5.41, 5.74) is 6.42. The molecule has 0 spiro atoms. The van der Waals surface area contributed by atoms with Crippen LogP contribution in [-0.2, 0) is 4.74 Å². The first-order valence-corrected chi connectivity index (χ1v) is 7.94. The van der Waals surface area contributed by atoms with Gasteiger partial charge in [0.1, 0.15) is 5.75 Å². The van der Waals surface area contributed by atoms with Gasteiger partial charge in [-0.3, -0.25) is 9.69 Å². The van der Waals surface area contributed by atoms with E-state index in [1.54, 1.807) is 7.11 Å². The zero-order valence-corrected chi connectivity index (χ0v) is 14.5. The van der Waals surface area contributed by atoms with E-state index in [0.29, 0.717) is 41.5 Å². The molecule has 2 rings (SSSR count). The van der Waals surface area contributed by atoms with E-state index in [4.69, 9.17) is 32.1 Å². The molecule has 0 radical (unpaired) electrons. The van der Waals surface area contributed by atoms with Gasteiger partial charge in [0, 0.05) is 26.3 Å². The lowest BCUT2D eigenvalue weighted by Gasteiger charge is -2.37. The molecule has 1 fully saturated rings. The van der Waals surface area contributed by atoms with E-state index in [2.05, 4.69) is 11.4 Å². The fourth-order valence-electron chi connectivity index (χ4n) is 2.79. The summed E-state index contributed by atoms with van der Waals surface area (Å²) in [7, 11) is 3.07. The molecule has 7 nitrogen and oxygen atoms in total. The summed E-state index contributed by atoms with van der Waals surface area (Å²) in [6, 6.07) is 5.00. The molecule has 8 heteroatoms. The van der Waals surface area contributed by atoms with Crippen LogP contribution in [0.4, 0.5) is 5.69 Å². The van der Waals surface area contributed by atoms with Crippen LogP contribution >= 0.6 is 11.6 Å². The molecule has 1 heterocycles. The molecule has 130 valence electrons. The number of carbonyl (C=O) groups excluding carboxylic acids is 1. The van der Waals surface area contributed by atoms with Gasteiger partial charge in [-0.15, -0.1) is 0 Å². The van der Waals surface area contributed by atoms with E-state index in [-0.39, 0.29) is 18.1 Å². The first-order chi connectivity index (χ1) is 11.5. The van der Waals surface area contributed by atoms with E-state index >= 15 is 0 Å². The molecule has 0 aromatic heterocycles. The minimum Gasteiger partial charge on any atom is -0.496 e. The second-order valence-electron chi connectivity index (χ2n) is 5.61. The van der Waals surface area contributed by atoms with Crippen molar-refractivity contribution in [1.29, 1.82) is 5.26 Å². The fourth-order valence-corrected chi connectivity index (χ4v) is 2.95. The van der Waals surface area contributed by atoms with Gasteiger partial charge in [-0.05, 0) is 12.5 Å². The fraction of sp³-hybridized carbons (Fsp3) is 0.500. The molecule has 1 aliphatic rings. The monoisotopic (exact) mass is 352 g/mol. The number of ether oxygens (including phenoxy) is 2. The maximum atomic E-state index is 12.6. The number of carbonyl (C=O) groups is 1. The highest BCUT2D eigenvalue weighted by Gasteiger charge is 2.31. The number of nitriles is 1. The van der Waals surface area contributed by atoms with Gasteiger partial charge < -0.3 is 20.5 Å². The number of hydrogen-bond acceptors (Lipinski definition) is 6. The van der Waals surface area contributed by atoms with Gasteiger partial charge in [0.25, 0.3) is 5.91 Å². The molecule has 3 N–H and O–H groups in total. The van der Waals surface area contributed by atoms with Crippen molar-refractivity contribution in [1.82, 2.24) is 10.2 Å². The average molecular weight is 353 g/mol. The van der Waals surface area contributed by atoms with Gasteiger partial charge in [-0.2, -0.15) is 5.26 Å². The molecule has 2 unspecified atom stereocenters. The summed E-state index contributed by atoms with van der Waals surface area (Å²) in [4.78, 5) is 14.6. The third-order valence-corrected chi connectivity index (χ3v) is 4.45. The Labute approximate surface area is 146 Å². The molecule has 1 amide bonds. The minimum atomic E-state index is -0.297. The van der Waals surface area contributed by atoms with Crippen molar-refractivity contribution in [2.45, 2.75) is 18.6 Å². The molecule has 24 heavy (non-hydrogen) atoms. The second kappa shape index (κ2) is 8.20. The van der Waals surface area contributed by atoms with Crippen LogP contribution in [-0.4, -0.2) is 56.8 Å². The number of nitrogen functional groups attached to an aromatic ring is 1. The molecule has 0 aliphatic carbocycles. The largest absolute Gasteiger partial charge is 0.496 e. The van der Waals surface area contributed by atoms with E-state index < -0.39 is 0 Å². The summed E-state index contributed by atoms with van der Waals surface area (Å²) in [5.74, 6) is 0.0693. The zero-order chi connectivity index (χ0) is 17.7. The quantitative estimate of drug-likeness (QED) is 0.611. The summed E-state index contributed by atoms with van der Waals surface area (Å²) < 4.78 is 10.7. The predicted molar refractivity (Wildman–Crippen MR) is 91.1 cm³/mol. The highest BCUT2D eigenvalue weighted by Crippen LogP contribution is 2.29. The number of amides is 1. The number of nitrogens with one attached hydrogen (secondary N) is 1. The Hall–Kier alpha value is -2.01. The first kappa shape index (κ1) is 18.3.